The Morgan fingerprint density at radius 3 is 2.09 bits per heavy atom. The Bertz CT molecular complexity index is 532. The van der Waals surface area contributed by atoms with E-state index >= 15 is 0 Å². The molecule has 0 radical (unpaired) electrons. The van der Waals surface area contributed by atoms with E-state index in [2.05, 4.69) is 5.32 Å². The lowest BCUT2D eigenvalue weighted by molar-refractivity contribution is -0.0206. The van der Waals surface area contributed by atoms with Crippen molar-refractivity contribution in [3.63, 3.8) is 0 Å². The third-order valence-electron chi connectivity index (χ3n) is 6.02. The predicted octanol–water partition coefficient (Wildman–Crippen LogP) is 2.86. The zero-order valence-corrected chi connectivity index (χ0v) is 12.8. The Morgan fingerprint density at radius 1 is 1.05 bits per heavy atom. The third-order valence-corrected chi connectivity index (χ3v) is 6.02. The number of nitrogens with one attached hydrogen (secondary N) is 2. The predicted molar refractivity (Wildman–Crippen MR) is 83.4 cm³/mol. The van der Waals surface area contributed by atoms with Crippen molar-refractivity contribution in [2.75, 3.05) is 0 Å². The first-order valence-corrected chi connectivity index (χ1v) is 8.44. The molecule has 118 valence electrons. The van der Waals surface area contributed by atoms with Gasteiger partial charge in [-0.2, -0.15) is 0 Å². The maximum absolute atomic E-state index is 11.3. The molecule has 4 aliphatic rings. The number of rotatable bonds is 4. The number of carbonyl (C=O) groups excluding carboxylic acids is 1. The van der Waals surface area contributed by atoms with Crippen molar-refractivity contribution < 1.29 is 10.0 Å². The van der Waals surface area contributed by atoms with Gasteiger partial charge in [0.2, 0.25) is 0 Å². The molecule has 1 amide bonds. The molecular formula is C18H24N2O2. The van der Waals surface area contributed by atoms with Crippen molar-refractivity contribution in [1.29, 1.82) is 0 Å². The van der Waals surface area contributed by atoms with Gasteiger partial charge in [-0.15, -0.1) is 0 Å². The minimum absolute atomic E-state index is 0.371. The van der Waals surface area contributed by atoms with E-state index in [4.69, 9.17) is 5.21 Å². The van der Waals surface area contributed by atoms with E-state index in [0.717, 1.165) is 24.3 Å². The quantitative estimate of drug-likeness (QED) is 0.592. The molecule has 0 unspecified atom stereocenters. The summed E-state index contributed by atoms with van der Waals surface area (Å²) >= 11 is 0. The molecule has 4 nitrogen and oxygen atoms in total. The van der Waals surface area contributed by atoms with Gasteiger partial charge in [0.1, 0.15) is 0 Å². The number of hydrogen-bond donors (Lipinski definition) is 3. The highest BCUT2D eigenvalue weighted by Crippen LogP contribution is 2.55. The van der Waals surface area contributed by atoms with Crippen molar-refractivity contribution in [3.8, 4) is 0 Å². The number of amides is 1. The van der Waals surface area contributed by atoms with E-state index in [1.807, 2.05) is 12.1 Å². The van der Waals surface area contributed by atoms with Crippen LogP contribution in [0.4, 0.5) is 0 Å². The summed E-state index contributed by atoms with van der Waals surface area (Å²) < 4.78 is 0. The Hall–Kier alpha value is -1.39. The van der Waals surface area contributed by atoms with E-state index < -0.39 is 5.91 Å². The van der Waals surface area contributed by atoms with Gasteiger partial charge in [-0.25, -0.2) is 5.48 Å². The van der Waals surface area contributed by atoms with Gasteiger partial charge in [0.05, 0.1) is 0 Å². The lowest BCUT2D eigenvalue weighted by Gasteiger charge is -2.57. The summed E-state index contributed by atoms with van der Waals surface area (Å²) in [6.45, 7) is 0.868. The largest absolute Gasteiger partial charge is 0.307 e. The molecule has 4 bridgehead atoms. The van der Waals surface area contributed by atoms with Crippen LogP contribution in [-0.4, -0.2) is 16.7 Å². The van der Waals surface area contributed by atoms with Crippen LogP contribution in [0.1, 0.15) is 54.4 Å². The fourth-order valence-corrected chi connectivity index (χ4v) is 5.46. The minimum Gasteiger partial charge on any atom is -0.307 e. The molecule has 1 aromatic rings. The van der Waals surface area contributed by atoms with Crippen LogP contribution in [0.15, 0.2) is 24.3 Å². The summed E-state index contributed by atoms with van der Waals surface area (Å²) in [6, 6.07) is 7.47. The number of benzene rings is 1. The summed E-state index contributed by atoms with van der Waals surface area (Å²) in [7, 11) is 0. The van der Waals surface area contributed by atoms with E-state index in [0.29, 0.717) is 11.1 Å². The first-order chi connectivity index (χ1) is 10.7. The average molecular weight is 300 g/mol. The van der Waals surface area contributed by atoms with Crippen LogP contribution in [-0.2, 0) is 6.54 Å². The SMILES string of the molecule is O=C(NO)c1ccc(CNC23CC4CC(CC(C4)C2)C3)cc1. The van der Waals surface area contributed by atoms with Crippen molar-refractivity contribution in [3.05, 3.63) is 35.4 Å². The smallest absolute Gasteiger partial charge is 0.274 e. The Morgan fingerprint density at radius 2 is 1.59 bits per heavy atom. The first-order valence-electron chi connectivity index (χ1n) is 8.44. The second-order valence-corrected chi connectivity index (χ2v) is 7.69. The van der Waals surface area contributed by atoms with Gasteiger partial charge >= 0.3 is 0 Å². The summed E-state index contributed by atoms with van der Waals surface area (Å²) in [5.74, 6) is 2.40. The van der Waals surface area contributed by atoms with Gasteiger partial charge < -0.3 is 5.32 Å². The zero-order chi connectivity index (χ0) is 15.2. The molecule has 0 saturated heterocycles. The topological polar surface area (TPSA) is 61.4 Å². The maximum Gasteiger partial charge on any atom is 0.274 e. The van der Waals surface area contributed by atoms with Gasteiger partial charge in [0.25, 0.3) is 5.91 Å². The molecule has 5 rings (SSSR count). The highest BCUT2D eigenvalue weighted by Gasteiger charge is 2.50. The molecule has 0 heterocycles. The van der Waals surface area contributed by atoms with Gasteiger partial charge in [-0.1, -0.05) is 12.1 Å². The Balaban J connectivity index is 1.41. The van der Waals surface area contributed by atoms with Crippen LogP contribution in [0.25, 0.3) is 0 Å². The molecule has 1 aromatic carbocycles. The van der Waals surface area contributed by atoms with Crippen LogP contribution in [0, 0.1) is 17.8 Å². The highest BCUT2D eigenvalue weighted by molar-refractivity contribution is 5.93. The fourth-order valence-electron chi connectivity index (χ4n) is 5.46. The Labute approximate surface area is 131 Å². The van der Waals surface area contributed by atoms with Gasteiger partial charge in [-0.05, 0) is 74.0 Å². The normalized spacial score (nSPS) is 35.6. The van der Waals surface area contributed by atoms with Crippen molar-refractivity contribution >= 4 is 5.91 Å². The van der Waals surface area contributed by atoms with Crippen LogP contribution >= 0.6 is 0 Å². The monoisotopic (exact) mass is 300 g/mol. The summed E-state index contributed by atoms with van der Waals surface area (Å²) in [4.78, 5) is 11.3. The number of hydrogen-bond acceptors (Lipinski definition) is 3. The standard InChI is InChI=1S/C18H24N2O2/c21-17(20-22)16-3-1-12(2-4-16)11-19-18-8-13-5-14(9-18)7-15(6-13)10-18/h1-4,13-15,19,22H,5-11H2,(H,20,21). The second-order valence-electron chi connectivity index (χ2n) is 7.69. The van der Waals surface area contributed by atoms with Gasteiger partial charge in [0, 0.05) is 17.6 Å². The number of carbonyl (C=O) groups is 1. The summed E-state index contributed by atoms with van der Waals surface area (Å²) in [6.07, 6.45) is 8.45. The zero-order valence-electron chi connectivity index (χ0n) is 12.8. The molecule has 4 saturated carbocycles. The second kappa shape index (κ2) is 5.36. The van der Waals surface area contributed by atoms with E-state index in [-0.39, 0.29) is 0 Å². The highest BCUT2D eigenvalue weighted by atomic mass is 16.5. The average Bonchev–Trinajstić information content (AvgIpc) is 2.51. The van der Waals surface area contributed by atoms with Gasteiger partial charge in [0.15, 0.2) is 0 Å². The molecule has 0 aromatic heterocycles. The molecule has 0 aliphatic heterocycles. The molecule has 4 fully saturated rings. The van der Waals surface area contributed by atoms with Crippen LogP contribution in [0.2, 0.25) is 0 Å². The number of hydroxylamine groups is 1. The summed E-state index contributed by atoms with van der Waals surface area (Å²) in [5, 5.41) is 12.5. The molecule has 0 spiro atoms. The third kappa shape index (κ3) is 2.55. The first kappa shape index (κ1) is 14.2. The van der Waals surface area contributed by atoms with Crippen LogP contribution in [0.5, 0.6) is 0 Å². The van der Waals surface area contributed by atoms with Crippen LogP contribution in [0.3, 0.4) is 0 Å². The molecule has 4 aliphatic carbocycles. The molecule has 3 N–H and O–H groups in total. The van der Waals surface area contributed by atoms with Crippen molar-refractivity contribution in [2.45, 2.75) is 50.6 Å². The van der Waals surface area contributed by atoms with Crippen molar-refractivity contribution in [2.24, 2.45) is 17.8 Å². The molecule has 22 heavy (non-hydrogen) atoms. The van der Waals surface area contributed by atoms with Crippen molar-refractivity contribution in [1.82, 2.24) is 10.8 Å². The molecular weight excluding hydrogens is 276 g/mol. The minimum atomic E-state index is -0.458. The van der Waals surface area contributed by atoms with E-state index in [1.54, 1.807) is 17.6 Å². The summed E-state index contributed by atoms with van der Waals surface area (Å²) in [5.41, 5.74) is 3.72. The Kier molecular flexibility index (Phi) is 3.46. The lowest BCUT2D eigenvalue weighted by Crippen LogP contribution is -2.58. The van der Waals surface area contributed by atoms with E-state index in [9.17, 15) is 4.79 Å². The van der Waals surface area contributed by atoms with E-state index in [1.165, 1.54) is 44.1 Å². The maximum atomic E-state index is 11.3. The van der Waals surface area contributed by atoms with Crippen LogP contribution < -0.4 is 10.8 Å². The fraction of sp³-hybridized carbons (Fsp3) is 0.611. The molecule has 4 heteroatoms. The molecule has 0 atom stereocenters. The lowest BCUT2D eigenvalue weighted by atomic mass is 9.53. The van der Waals surface area contributed by atoms with Gasteiger partial charge in [-0.3, -0.25) is 10.0 Å².